The molecule has 5 heteroatoms. The second-order valence-electron chi connectivity index (χ2n) is 10.1. The van der Waals surface area contributed by atoms with E-state index < -0.39 is 11.2 Å². The summed E-state index contributed by atoms with van der Waals surface area (Å²) in [6, 6.07) is 32.1. The lowest BCUT2D eigenvalue weighted by atomic mass is 9.64. The largest absolute Gasteiger partial charge is 0.497 e. The van der Waals surface area contributed by atoms with Crippen LogP contribution < -0.4 is 0 Å². The number of methoxy groups -OCH3 is 2. The lowest BCUT2D eigenvalue weighted by Gasteiger charge is -2.53. The number of pyridine rings is 1. The zero-order valence-corrected chi connectivity index (χ0v) is 23.5. The van der Waals surface area contributed by atoms with E-state index in [1.165, 1.54) is 5.56 Å². The molecular formula is C36H35NO4. The summed E-state index contributed by atoms with van der Waals surface area (Å²) in [5, 5.41) is 0. The van der Waals surface area contributed by atoms with Crippen LogP contribution in [0.5, 0.6) is 0 Å². The van der Waals surface area contributed by atoms with E-state index in [1.807, 2.05) is 60.7 Å². The van der Waals surface area contributed by atoms with Crippen LogP contribution in [0.2, 0.25) is 0 Å². The highest BCUT2D eigenvalue weighted by molar-refractivity contribution is 5.75. The Morgan fingerprint density at radius 1 is 0.732 bits per heavy atom. The summed E-state index contributed by atoms with van der Waals surface area (Å²) in [6.45, 7) is 0.328. The van der Waals surface area contributed by atoms with Crippen LogP contribution in [0.4, 0.5) is 0 Å². The van der Waals surface area contributed by atoms with Crippen LogP contribution in [-0.2, 0) is 38.4 Å². The lowest BCUT2D eigenvalue weighted by molar-refractivity contribution is -0.197. The van der Waals surface area contributed by atoms with Gasteiger partial charge in [0.1, 0.15) is 12.0 Å². The molecule has 2 atom stereocenters. The first-order valence-corrected chi connectivity index (χ1v) is 13.9. The smallest absolute Gasteiger partial charge is 0.186 e. The minimum atomic E-state index is -1.24. The molecule has 0 bridgehead atoms. The molecule has 0 aliphatic heterocycles. The molecule has 41 heavy (non-hydrogen) atoms. The van der Waals surface area contributed by atoms with Crippen molar-refractivity contribution in [1.29, 1.82) is 0 Å². The van der Waals surface area contributed by atoms with Gasteiger partial charge in [0.25, 0.3) is 0 Å². The summed E-state index contributed by atoms with van der Waals surface area (Å²) >= 11 is 0. The van der Waals surface area contributed by atoms with Gasteiger partial charge in [0.2, 0.25) is 0 Å². The third-order valence-electron chi connectivity index (χ3n) is 7.83. The Morgan fingerprint density at radius 2 is 1.44 bits per heavy atom. The van der Waals surface area contributed by atoms with E-state index >= 15 is 0 Å². The van der Waals surface area contributed by atoms with Gasteiger partial charge >= 0.3 is 0 Å². The lowest BCUT2D eigenvalue weighted by Crippen LogP contribution is -2.56. The van der Waals surface area contributed by atoms with Crippen LogP contribution in [0.25, 0.3) is 0 Å². The van der Waals surface area contributed by atoms with Gasteiger partial charge in [-0.3, -0.25) is 9.78 Å². The molecule has 0 saturated carbocycles. The second-order valence-corrected chi connectivity index (χ2v) is 10.1. The van der Waals surface area contributed by atoms with E-state index in [1.54, 1.807) is 32.7 Å². The Hall–Kier alpha value is -4.32. The van der Waals surface area contributed by atoms with Crippen molar-refractivity contribution in [2.45, 2.75) is 37.1 Å². The highest BCUT2D eigenvalue weighted by Gasteiger charge is 2.62. The number of ether oxygens (including phenoxy) is 3. The van der Waals surface area contributed by atoms with Crippen LogP contribution in [0.15, 0.2) is 133 Å². The normalized spacial score (nSPS) is 20.1. The highest BCUT2D eigenvalue weighted by atomic mass is 16.6. The Morgan fingerprint density at radius 3 is 2.10 bits per heavy atom. The molecule has 0 saturated heterocycles. The van der Waals surface area contributed by atoms with Gasteiger partial charge in [0.05, 0.1) is 13.7 Å². The maximum absolute atomic E-state index is 11.9. The highest BCUT2D eigenvalue weighted by Crippen LogP contribution is 2.58. The van der Waals surface area contributed by atoms with Gasteiger partial charge in [0.15, 0.2) is 11.2 Å². The summed E-state index contributed by atoms with van der Waals surface area (Å²) in [4.78, 5) is 16.3. The van der Waals surface area contributed by atoms with Gasteiger partial charge in [-0.2, -0.15) is 0 Å². The molecule has 0 N–H and O–H groups in total. The van der Waals surface area contributed by atoms with Gasteiger partial charge < -0.3 is 14.2 Å². The Kier molecular flexibility index (Phi) is 8.88. The SMILES string of the molecule is COC1=CC=C(CCCc2ccccc2)C(OCc2ccccc2)(c2ccncc2)C1(OC)c1cccc(C=O)c1. The van der Waals surface area contributed by atoms with E-state index in [4.69, 9.17) is 14.2 Å². The number of aromatic nitrogens is 1. The summed E-state index contributed by atoms with van der Waals surface area (Å²) in [7, 11) is 3.32. The van der Waals surface area contributed by atoms with Crippen molar-refractivity contribution in [3.63, 3.8) is 0 Å². The van der Waals surface area contributed by atoms with Crippen molar-refractivity contribution in [2.24, 2.45) is 0 Å². The number of hydrogen-bond donors (Lipinski definition) is 0. The van der Waals surface area contributed by atoms with Crippen LogP contribution in [-0.4, -0.2) is 25.5 Å². The number of allylic oxidation sites excluding steroid dienone is 2. The maximum atomic E-state index is 11.9. The van der Waals surface area contributed by atoms with E-state index in [2.05, 4.69) is 47.5 Å². The molecule has 0 fully saturated rings. The van der Waals surface area contributed by atoms with Gasteiger partial charge in [-0.05, 0) is 71.4 Å². The fraction of sp³-hybridized carbons (Fsp3) is 0.222. The fourth-order valence-electron chi connectivity index (χ4n) is 5.97. The van der Waals surface area contributed by atoms with Crippen LogP contribution >= 0.6 is 0 Å². The number of benzene rings is 3. The summed E-state index contributed by atoms with van der Waals surface area (Å²) in [5.74, 6) is 0.583. The average Bonchev–Trinajstić information content (AvgIpc) is 3.05. The van der Waals surface area contributed by atoms with E-state index in [0.717, 1.165) is 47.8 Å². The Labute approximate surface area is 242 Å². The summed E-state index contributed by atoms with van der Waals surface area (Å²) in [5.41, 5.74) is 3.17. The zero-order chi connectivity index (χ0) is 28.5. The molecule has 1 aliphatic rings. The first-order valence-electron chi connectivity index (χ1n) is 13.9. The first kappa shape index (κ1) is 28.2. The molecule has 0 spiro atoms. The third-order valence-corrected chi connectivity index (χ3v) is 7.83. The number of carbonyl (C=O) groups excluding carboxylic acids is 1. The van der Waals surface area contributed by atoms with Crippen LogP contribution in [0.1, 0.15) is 45.5 Å². The molecule has 1 heterocycles. The predicted octanol–water partition coefficient (Wildman–Crippen LogP) is 7.34. The Balaban J connectivity index is 1.72. The number of nitrogens with zero attached hydrogens (tertiary/aromatic N) is 1. The number of hydrogen-bond acceptors (Lipinski definition) is 5. The zero-order valence-electron chi connectivity index (χ0n) is 23.5. The molecule has 208 valence electrons. The molecule has 5 rings (SSSR count). The standard InChI is InChI=1S/C36H35NO4/c1-39-34-20-19-31(17-9-15-28-11-5-3-6-12-28)35(32-21-23-37-24-22-32,41-27-29-13-7-4-8-14-29)36(34,40-2)33-18-10-16-30(25-33)26-38/h3-8,10-14,16,18-26H,9,15,17,27H2,1-2H3. The summed E-state index contributed by atoms with van der Waals surface area (Å²) in [6.07, 6.45) is 11.1. The monoisotopic (exact) mass is 545 g/mol. The molecule has 1 aromatic heterocycles. The molecule has 0 amide bonds. The van der Waals surface area contributed by atoms with E-state index in [-0.39, 0.29) is 0 Å². The predicted molar refractivity (Wildman–Crippen MR) is 160 cm³/mol. The number of aldehydes is 1. The minimum absolute atomic E-state index is 0.328. The summed E-state index contributed by atoms with van der Waals surface area (Å²) < 4.78 is 19.9. The number of rotatable bonds is 12. The van der Waals surface area contributed by atoms with Crippen molar-refractivity contribution in [1.82, 2.24) is 4.98 Å². The molecule has 1 aliphatic carbocycles. The first-order chi connectivity index (χ1) is 20.2. The van der Waals surface area contributed by atoms with Crippen molar-refractivity contribution in [3.8, 4) is 0 Å². The quantitative estimate of drug-likeness (QED) is 0.174. The topological polar surface area (TPSA) is 57.6 Å². The average molecular weight is 546 g/mol. The molecular weight excluding hydrogens is 510 g/mol. The van der Waals surface area contributed by atoms with Crippen molar-refractivity contribution >= 4 is 6.29 Å². The van der Waals surface area contributed by atoms with Crippen LogP contribution in [0.3, 0.4) is 0 Å². The minimum Gasteiger partial charge on any atom is -0.497 e. The molecule has 4 aromatic rings. The van der Waals surface area contributed by atoms with Gasteiger partial charge in [-0.25, -0.2) is 0 Å². The molecule has 0 radical (unpaired) electrons. The van der Waals surface area contributed by atoms with Crippen LogP contribution in [0, 0.1) is 0 Å². The van der Waals surface area contributed by atoms with Gasteiger partial charge in [-0.15, -0.1) is 0 Å². The Bertz CT molecular complexity index is 1500. The van der Waals surface area contributed by atoms with E-state index in [0.29, 0.717) is 17.9 Å². The van der Waals surface area contributed by atoms with Crippen molar-refractivity contribution in [2.75, 3.05) is 14.2 Å². The van der Waals surface area contributed by atoms with Crippen molar-refractivity contribution in [3.05, 3.63) is 161 Å². The van der Waals surface area contributed by atoms with Gasteiger partial charge in [0, 0.05) is 25.1 Å². The molecule has 5 nitrogen and oxygen atoms in total. The van der Waals surface area contributed by atoms with Gasteiger partial charge in [-0.1, -0.05) is 84.9 Å². The number of aryl methyl sites for hydroxylation is 1. The molecule has 2 unspecified atom stereocenters. The third kappa shape index (κ3) is 5.39. The molecule has 3 aromatic carbocycles. The fourth-order valence-corrected chi connectivity index (χ4v) is 5.97. The second kappa shape index (κ2) is 12.9. The van der Waals surface area contributed by atoms with E-state index in [9.17, 15) is 4.79 Å². The van der Waals surface area contributed by atoms with Crippen molar-refractivity contribution < 1.29 is 19.0 Å². The number of carbonyl (C=O) groups is 1. The maximum Gasteiger partial charge on any atom is 0.186 e.